The molecule has 0 aliphatic carbocycles. The Kier molecular flexibility index (Phi) is 5.04. The summed E-state index contributed by atoms with van der Waals surface area (Å²) in [5.41, 5.74) is 1.03. The van der Waals surface area contributed by atoms with Gasteiger partial charge in [0.1, 0.15) is 5.76 Å². The zero-order chi connectivity index (χ0) is 18.1. The van der Waals surface area contributed by atoms with Gasteiger partial charge in [-0.25, -0.2) is 16.8 Å². The summed E-state index contributed by atoms with van der Waals surface area (Å²) in [6.45, 7) is 2.27. The van der Waals surface area contributed by atoms with Crippen molar-refractivity contribution in [2.75, 3.05) is 11.5 Å². The molecule has 1 aromatic heterocycles. The summed E-state index contributed by atoms with van der Waals surface area (Å²) in [7, 11) is -7.16. The molecule has 1 saturated heterocycles. The van der Waals surface area contributed by atoms with Gasteiger partial charge < -0.3 is 9.73 Å². The highest BCUT2D eigenvalue weighted by Crippen LogP contribution is 2.26. The van der Waals surface area contributed by atoms with E-state index in [0.717, 1.165) is 12.0 Å². The summed E-state index contributed by atoms with van der Waals surface area (Å²) in [5, 5.41) is 2.04. The summed E-state index contributed by atoms with van der Waals surface area (Å²) in [5.74, 6) is 0.0819. The number of rotatable bonds is 6. The van der Waals surface area contributed by atoms with Crippen molar-refractivity contribution in [2.45, 2.75) is 36.1 Å². The third-order valence-corrected chi connectivity index (χ3v) is 8.64. The van der Waals surface area contributed by atoms with Gasteiger partial charge in [0.05, 0.1) is 34.5 Å². The number of aryl methyl sites for hydroxylation is 1. The highest BCUT2D eigenvalue weighted by atomic mass is 32.2. The number of nitrogens with one attached hydrogen (secondary N) is 1. The molecule has 3 rings (SSSR count). The van der Waals surface area contributed by atoms with Gasteiger partial charge in [0.2, 0.25) is 0 Å². The minimum Gasteiger partial charge on any atom is -0.468 e. The Morgan fingerprint density at radius 3 is 2.48 bits per heavy atom. The van der Waals surface area contributed by atoms with E-state index in [-0.39, 0.29) is 22.9 Å². The average molecular weight is 383 g/mol. The van der Waals surface area contributed by atoms with Crippen LogP contribution in [0.2, 0.25) is 0 Å². The lowest BCUT2D eigenvalue weighted by Crippen LogP contribution is -2.42. The topological polar surface area (TPSA) is 93.5 Å². The van der Waals surface area contributed by atoms with E-state index in [1.165, 1.54) is 6.26 Å². The molecular weight excluding hydrogens is 362 g/mol. The minimum atomic E-state index is -3.75. The third-order valence-electron chi connectivity index (χ3n) is 4.48. The summed E-state index contributed by atoms with van der Waals surface area (Å²) in [6.07, 6.45) is 2.33. The molecule has 0 radical (unpaired) electrons. The van der Waals surface area contributed by atoms with E-state index < -0.39 is 31.0 Å². The molecule has 6 nitrogen and oxygen atoms in total. The molecule has 0 amide bonds. The van der Waals surface area contributed by atoms with Crippen molar-refractivity contribution in [3.63, 3.8) is 0 Å². The van der Waals surface area contributed by atoms with Gasteiger partial charge in [0.15, 0.2) is 19.7 Å². The lowest BCUT2D eigenvalue weighted by molar-refractivity contribution is 0.454. The van der Waals surface area contributed by atoms with E-state index in [0.29, 0.717) is 5.76 Å². The van der Waals surface area contributed by atoms with Crippen molar-refractivity contribution in [3.05, 3.63) is 54.0 Å². The van der Waals surface area contributed by atoms with Gasteiger partial charge in [-0.1, -0.05) is 19.1 Å². The second-order valence-electron chi connectivity index (χ2n) is 6.22. The molecule has 2 atom stereocenters. The van der Waals surface area contributed by atoms with Crippen molar-refractivity contribution in [2.24, 2.45) is 0 Å². The van der Waals surface area contributed by atoms with Crippen LogP contribution in [0.1, 0.15) is 18.2 Å². The van der Waals surface area contributed by atoms with E-state index in [2.05, 4.69) is 5.32 Å². The fraction of sp³-hybridized carbons (Fsp3) is 0.412. The first kappa shape index (κ1) is 18.2. The number of furan rings is 1. The number of benzene rings is 1. The van der Waals surface area contributed by atoms with Crippen molar-refractivity contribution >= 4 is 19.7 Å². The molecule has 8 heteroatoms. The molecule has 0 bridgehead atoms. The summed E-state index contributed by atoms with van der Waals surface area (Å²) in [4.78, 5) is 0.164. The Morgan fingerprint density at radius 2 is 1.88 bits per heavy atom. The highest BCUT2D eigenvalue weighted by molar-refractivity contribution is 7.96. The average Bonchev–Trinajstić information content (AvgIpc) is 3.20. The maximum absolute atomic E-state index is 13.0. The van der Waals surface area contributed by atoms with Crippen molar-refractivity contribution in [1.82, 2.24) is 5.32 Å². The van der Waals surface area contributed by atoms with Crippen LogP contribution < -0.4 is 5.32 Å². The fourth-order valence-electron chi connectivity index (χ4n) is 3.05. The van der Waals surface area contributed by atoms with Crippen LogP contribution in [0.5, 0.6) is 0 Å². The van der Waals surface area contributed by atoms with Crippen LogP contribution in [0.25, 0.3) is 0 Å². The van der Waals surface area contributed by atoms with Crippen LogP contribution in [-0.4, -0.2) is 39.6 Å². The zero-order valence-corrected chi connectivity index (χ0v) is 15.5. The van der Waals surface area contributed by atoms with E-state index in [4.69, 9.17) is 4.42 Å². The molecule has 136 valence electrons. The minimum absolute atomic E-state index is 0.164. The monoisotopic (exact) mass is 383 g/mol. The maximum atomic E-state index is 13.0. The Balaban J connectivity index is 1.85. The summed E-state index contributed by atoms with van der Waals surface area (Å²) in [6, 6.07) is 9.47. The largest absolute Gasteiger partial charge is 0.468 e. The smallest absolute Gasteiger partial charge is 0.183 e. The molecule has 1 aliphatic rings. The zero-order valence-electron chi connectivity index (χ0n) is 13.9. The first-order valence-electron chi connectivity index (χ1n) is 8.11. The maximum Gasteiger partial charge on any atom is 0.183 e. The fourth-order valence-corrected chi connectivity index (χ4v) is 7.76. The number of hydrogen-bond donors (Lipinski definition) is 1. The SMILES string of the molecule is CCc1ccc(S(=O)(=O)C2CS(=O)(=O)CC2NCc2ccco2)cc1. The number of sulfone groups is 2. The Morgan fingerprint density at radius 1 is 1.16 bits per heavy atom. The van der Waals surface area contributed by atoms with Crippen LogP contribution in [0.15, 0.2) is 52.0 Å². The second kappa shape index (κ2) is 6.93. The molecule has 0 saturated carbocycles. The van der Waals surface area contributed by atoms with Crippen molar-refractivity contribution < 1.29 is 21.3 Å². The second-order valence-corrected chi connectivity index (χ2v) is 10.5. The Bertz CT molecular complexity index is 916. The molecule has 1 aliphatic heterocycles. The molecule has 0 spiro atoms. The van der Waals surface area contributed by atoms with Gasteiger partial charge in [-0.3, -0.25) is 0 Å². The van der Waals surface area contributed by atoms with Gasteiger partial charge in [0.25, 0.3) is 0 Å². The summed E-state index contributed by atoms with van der Waals surface area (Å²) < 4.78 is 55.3. The molecular formula is C17H21NO5S2. The van der Waals surface area contributed by atoms with Crippen LogP contribution in [0.4, 0.5) is 0 Å². The predicted molar refractivity (Wildman–Crippen MR) is 94.8 cm³/mol. The van der Waals surface area contributed by atoms with Crippen LogP contribution in [-0.2, 0) is 32.6 Å². The Labute approximate surface area is 148 Å². The van der Waals surface area contributed by atoms with Gasteiger partial charge in [-0.2, -0.15) is 0 Å². The Hall–Kier alpha value is -1.64. The van der Waals surface area contributed by atoms with Gasteiger partial charge >= 0.3 is 0 Å². The van der Waals surface area contributed by atoms with Crippen LogP contribution >= 0.6 is 0 Å². The molecule has 1 aromatic carbocycles. The lowest BCUT2D eigenvalue weighted by atomic mass is 10.2. The van der Waals surface area contributed by atoms with Gasteiger partial charge in [-0.05, 0) is 36.2 Å². The standard InChI is InChI=1S/C17H21NO5S2/c1-2-13-5-7-15(8-6-13)25(21,22)17-12-24(19,20)11-16(17)18-10-14-4-3-9-23-14/h3-9,16-18H,2,10-12H2,1H3. The summed E-state index contributed by atoms with van der Waals surface area (Å²) >= 11 is 0. The molecule has 2 unspecified atom stereocenters. The first-order chi connectivity index (χ1) is 11.8. The molecule has 2 aromatic rings. The van der Waals surface area contributed by atoms with E-state index >= 15 is 0 Å². The highest BCUT2D eigenvalue weighted by Gasteiger charge is 2.45. The van der Waals surface area contributed by atoms with E-state index in [1.807, 2.05) is 6.92 Å². The molecule has 2 heterocycles. The van der Waals surface area contributed by atoms with Crippen molar-refractivity contribution in [1.29, 1.82) is 0 Å². The van der Waals surface area contributed by atoms with E-state index in [1.54, 1.807) is 36.4 Å². The van der Waals surface area contributed by atoms with Gasteiger partial charge in [0, 0.05) is 6.04 Å². The lowest BCUT2D eigenvalue weighted by Gasteiger charge is -2.19. The third kappa shape index (κ3) is 3.96. The number of hydrogen-bond acceptors (Lipinski definition) is 6. The molecule has 1 N–H and O–H groups in total. The normalized spacial score (nSPS) is 22.9. The predicted octanol–water partition coefficient (Wildman–Crippen LogP) is 1.57. The quantitative estimate of drug-likeness (QED) is 0.814. The van der Waals surface area contributed by atoms with Crippen molar-refractivity contribution in [3.8, 4) is 0 Å². The van der Waals surface area contributed by atoms with Crippen LogP contribution in [0.3, 0.4) is 0 Å². The van der Waals surface area contributed by atoms with Crippen LogP contribution in [0, 0.1) is 0 Å². The molecule has 25 heavy (non-hydrogen) atoms. The van der Waals surface area contributed by atoms with E-state index in [9.17, 15) is 16.8 Å². The molecule has 1 fully saturated rings. The van der Waals surface area contributed by atoms with Gasteiger partial charge in [-0.15, -0.1) is 0 Å². The first-order valence-corrected chi connectivity index (χ1v) is 11.5.